The van der Waals surface area contributed by atoms with Crippen LogP contribution in [-0.4, -0.2) is 193 Å². The van der Waals surface area contributed by atoms with E-state index < -0.39 is 124 Å². The third-order valence-electron chi connectivity index (χ3n) is 22.9. The van der Waals surface area contributed by atoms with Crippen molar-refractivity contribution in [2.75, 3.05) is 26.4 Å². The highest BCUT2D eigenvalue weighted by molar-refractivity contribution is 5.76. The molecule has 0 aromatic carbocycles. The van der Waals surface area contributed by atoms with Crippen molar-refractivity contribution in [1.82, 2.24) is 5.32 Å². The molecule has 3 saturated heterocycles. The maximum absolute atomic E-state index is 13.5. The van der Waals surface area contributed by atoms with Crippen molar-refractivity contribution in [3.8, 4) is 0 Å². The van der Waals surface area contributed by atoms with E-state index in [4.69, 9.17) is 28.4 Å². The lowest BCUT2D eigenvalue weighted by Crippen LogP contribution is -2.66. The summed E-state index contributed by atoms with van der Waals surface area (Å²) in [4.78, 5) is 13.5. The minimum absolute atomic E-state index is 0.231. The van der Waals surface area contributed by atoms with E-state index in [-0.39, 0.29) is 18.9 Å². The first kappa shape index (κ1) is 98.0. The van der Waals surface area contributed by atoms with Gasteiger partial charge in [-0.25, -0.2) is 0 Å². The van der Waals surface area contributed by atoms with Gasteiger partial charge in [-0.3, -0.25) is 4.79 Å². The van der Waals surface area contributed by atoms with Gasteiger partial charge in [0.05, 0.1) is 38.6 Å². The number of unbranched alkanes of at least 4 members (excludes halogenated alkanes) is 58. The van der Waals surface area contributed by atoms with Crippen LogP contribution in [-0.2, 0) is 33.2 Å². The van der Waals surface area contributed by atoms with Crippen LogP contribution in [0.2, 0.25) is 0 Å². The molecule has 17 atom stereocenters. The van der Waals surface area contributed by atoms with E-state index in [1.54, 1.807) is 0 Å². The van der Waals surface area contributed by atoms with Gasteiger partial charge in [0, 0.05) is 6.42 Å². The van der Waals surface area contributed by atoms with Crippen LogP contribution >= 0.6 is 0 Å². The molecule has 624 valence electrons. The van der Waals surface area contributed by atoms with Gasteiger partial charge >= 0.3 is 0 Å². The summed E-state index contributed by atoms with van der Waals surface area (Å²) in [5.74, 6) is -0.231. The number of hydrogen-bond acceptors (Lipinski definition) is 18. The number of hydrogen-bond donors (Lipinski definition) is 12. The predicted octanol–water partition coefficient (Wildman–Crippen LogP) is 16.5. The molecule has 3 aliphatic rings. The van der Waals surface area contributed by atoms with E-state index in [0.29, 0.717) is 12.8 Å². The molecule has 3 rings (SSSR count). The fourth-order valence-electron chi connectivity index (χ4n) is 15.8. The molecule has 105 heavy (non-hydrogen) atoms. The first-order chi connectivity index (χ1) is 51.3. The topological polar surface area (TPSA) is 307 Å². The van der Waals surface area contributed by atoms with E-state index >= 15 is 0 Å². The van der Waals surface area contributed by atoms with E-state index in [1.165, 1.54) is 334 Å². The van der Waals surface area contributed by atoms with Gasteiger partial charge in [-0.05, 0) is 12.8 Å². The van der Waals surface area contributed by atoms with Crippen molar-refractivity contribution in [2.45, 2.75) is 516 Å². The van der Waals surface area contributed by atoms with Crippen LogP contribution in [0, 0.1) is 0 Å². The SMILES string of the molecule is CCCCCCCCCCCCCCCCCCCCCCCCCCCCCCCCCCCCCCCCCC(=O)NC(COC1OC(CO)C(OC2OC(CO)C(OC3OC(CO)C(O)C(O)C3O)C(O)C2O)C(O)C1O)C(O)CCCCCCCCCCCCCCCCCCCCCCC. The third kappa shape index (κ3) is 46.5. The molecular weight excluding hydrogens is 1330 g/mol. The fourth-order valence-corrected chi connectivity index (χ4v) is 15.8. The first-order valence-electron chi connectivity index (χ1n) is 44.8. The second-order valence-electron chi connectivity index (χ2n) is 32.4. The van der Waals surface area contributed by atoms with E-state index in [2.05, 4.69) is 19.2 Å². The van der Waals surface area contributed by atoms with Gasteiger partial charge < -0.3 is 89.9 Å². The summed E-state index contributed by atoms with van der Waals surface area (Å²) in [5, 5.41) is 121. The van der Waals surface area contributed by atoms with Crippen LogP contribution in [0.4, 0.5) is 0 Å². The molecule has 12 N–H and O–H groups in total. The summed E-state index contributed by atoms with van der Waals surface area (Å²) >= 11 is 0. The molecule has 0 radical (unpaired) electrons. The first-order valence-corrected chi connectivity index (χ1v) is 44.8. The van der Waals surface area contributed by atoms with E-state index in [1.807, 2.05) is 0 Å². The molecule has 0 aromatic heterocycles. The smallest absolute Gasteiger partial charge is 0.220 e. The molecule has 3 heterocycles. The maximum Gasteiger partial charge on any atom is 0.220 e. The van der Waals surface area contributed by atoms with Crippen molar-refractivity contribution < 1.29 is 89.4 Å². The number of amides is 1. The Hall–Kier alpha value is -1.21. The zero-order valence-electron chi connectivity index (χ0n) is 67.3. The van der Waals surface area contributed by atoms with Crippen LogP contribution in [0.3, 0.4) is 0 Å². The van der Waals surface area contributed by atoms with Gasteiger partial charge in [-0.15, -0.1) is 0 Å². The molecule has 3 aliphatic heterocycles. The largest absolute Gasteiger partial charge is 0.394 e. The summed E-state index contributed by atoms with van der Waals surface area (Å²) in [6.07, 6.45) is 53.7. The molecular formula is C86H167NO18. The van der Waals surface area contributed by atoms with Crippen molar-refractivity contribution in [1.29, 1.82) is 0 Å². The summed E-state index contributed by atoms with van der Waals surface area (Å²) in [5.41, 5.74) is 0. The molecule has 0 spiro atoms. The van der Waals surface area contributed by atoms with E-state index in [9.17, 15) is 61.0 Å². The Bertz CT molecular complexity index is 1890. The summed E-state index contributed by atoms with van der Waals surface area (Å²) < 4.78 is 34.6. The molecule has 1 amide bonds. The molecule has 19 heteroatoms. The standard InChI is InChI=1S/C86H167NO18/c1-3-5-7-9-11-13-15-17-19-21-23-25-26-27-28-29-30-31-32-33-34-35-36-37-38-39-40-41-42-44-46-48-50-52-54-56-58-60-62-64-74(92)87-69(70(91)63-61-59-57-55-53-51-49-47-45-43-24-22-20-18-16-14-12-10-8-6-4-2)68-100-84-80(98)77(95)82(72(66-89)102-84)105-86-81(99)78(96)83(73(67-90)103-86)104-85-79(97)76(94)75(93)71(65-88)101-85/h69-73,75-86,88-91,93-99H,3-68H2,1-2H3,(H,87,92). The molecule has 0 aromatic rings. The summed E-state index contributed by atoms with van der Waals surface area (Å²) in [7, 11) is 0. The zero-order valence-corrected chi connectivity index (χ0v) is 67.3. The predicted molar refractivity (Wildman–Crippen MR) is 421 cm³/mol. The highest BCUT2D eigenvalue weighted by Crippen LogP contribution is 2.34. The lowest BCUT2D eigenvalue weighted by atomic mass is 9.96. The highest BCUT2D eigenvalue weighted by atomic mass is 16.8. The number of aliphatic hydroxyl groups excluding tert-OH is 11. The molecule has 3 fully saturated rings. The maximum atomic E-state index is 13.5. The Kier molecular flexibility index (Phi) is 62.8. The lowest BCUT2D eigenvalue weighted by molar-refractivity contribution is -0.379. The normalized spacial score (nSPS) is 25.7. The Morgan fingerprint density at radius 2 is 0.543 bits per heavy atom. The zero-order chi connectivity index (χ0) is 76.0. The summed E-state index contributed by atoms with van der Waals surface area (Å²) in [6, 6.07) is -0.884. The monoisotopic (exact) mass is 1500 g/mol. The molecule has 0 aliphatic carbocycles. The number of carbonyl (C=O) groups excluding carboxylic acids is 1. The Morgan fingerprint density at radius 3 is 0.829 bits per heavy atom. The Morgan fingerprint density at radius 1 is 0.305 bits per heavy atom. The van der Waals surface area contributed by atoms with Crippen molar-refractivity contribution in [2.24, 2.45) is 0 Å². The van der Waals surface area contributed by atoms with Crippen molar-refractivity contribution in [3.63, 3.8) is 0 Å². The van der Waals surface area contributed by atoms with Crippen LogP contribution in [0.1, 0.15) is 412 Å². The Balaban J connectivity index is 1.28. The van der Waals surface area contributed by atoms with Crippen molar-refractivity contribution in [3.05, 3.63) is 0 Å². The van der Waals surface area contributed by atoms with Crippen LogP contribution in [0.25, 0.3) is 0 Å². The molecule has 19 nitrogen and oxygen atoms in total. The van der Waals surface area contributed by atoms with Gasteiger partial charge in [-0.1, -0.05) is 393 Å². The number of aliphatic hydroxyl groups is 11. The second kappa shape index (κ2) is 67.3. The minimum Gasteiger partial charge on any atom is -0.394 e. The number of ether oxygens (including phenoxy) is 6. The van der Waals surface area contributed by atoms with Crippen LogP contribution < -0.4 is 5.32 Å². The highest BCUT2D eigenvalue weighted by Gasteiger charge is 2.54. The second-order valence-corrected chi connectivity index (χ2v) is 32.4. The fraction of sp³-hybridized carbons (Fsp3) is 0.988. The Labute approximate surface area is 640 Å². The van der Waals surface area contributed by atoms with Gasteiger partial charge in [0.2, 0.25) is 5.91 Å². The number of rotatable bonds is 74. The van der Waals surface area contributed by atoms with E-state index in [0.717, 1.165) is 44.9 Å². The van der Waals surface area contributed by atoms with Gasteiger partial charge in [-0.2, -0.15) is 0 Å². The third-order valence-corrected chi connectivity index (χ3v) is 22.9. The molecule has 0 saturated carbocycles. The van der Waals surface area contributed by atoms with Gasteiger partial charge in [0.25, 0.3) is 0 Å². The number of carbonyl (C=O) groups is 1. The average molecular weight is 1500 g/mol. The molecule has 0 bridgehead atoms. The average Bonchev–Trinajstić information content (AvgIpc) is 0.780. The van der Waals surface area contributed by atoms with Gasteiger partial charge in [0.15, 0.2) is 18.9 Å². The van der Waals surface area contributed by atoms with Crippen molar-refractivity contribution >= 4 is 5.91 Å². The molecule has 17 unspecified atom stereocenters. The van der Waals surface area contributed by atoms with Crippen LogP contribution in [0.5, 0.6) is 0 Å². The quantitative estimate of drug-likeness (QED) is 0.0252. The summed E-state index contributed by atoms with van der Waals surface area (Å²) in [6.45, 7) is 1.88. The number of nitrogens with one attached hydrogen (secondary N) is 1. The lowest BCUT2D eigenvalue weighted by Gasteiger charge is -2.48. The van der Waals surface area contributed by atoms with Crippen LogP contribution in [0.15, 0.2) is 0 Å². The van der Waals surface area contributed by atoms with Gasteiger partial charge in [0.1, 0.15) is 73.2 Å². The minimum atomic E-state index is -1.97.